The van der Waals surface area contributed by atoms with Gasteiger partial charge in [-0.1, -0.05) is 32.9 Å². The molecule has 20 nitrogen and oxygen atoms in total. The average molecular weight is 1020 g/mol. The summed E-state index contributed by atoms with van der Waals surface area (Å²) >= 11 is 0. The summed E-state index contributed by atoms with van der Waals surface area (Å²) in [5.41, 5.74) is 3.21. The van der Waals surface area contributed by atoms with E-state index in [1.54, 1.807) is 73.6 Å². The first-order valence-electron chi connectivity index (χ1n) is 25.2. The number of nitrogens with zero attached hydrogens (tertiary/aromatic N) is 2. The highest BCUT2D eigenvalue weighted by Gasteiger charge is 2.63. The molecule has 0 amide bonds. The van der Waals surface area contributed by atoms with E-state index in [1.807, 2.05) is 32.8 Å². The molecule has 5 rings (SSSR count). The van der Waals surface area contributed by atoms with Gasteiger partial charge in [0.1, 0.15) is 41.5 Å². The van der Waals surface area contributed by atoms with Crippen molar-refractivity contribution in [3.63, 3.8) is 0 Å². The Morgan fingerprint density at radius 1 is 0.861 bits per heavy atom. The van der Waals surface area contributed by atoms with Gasteiger partial charge < -0.3 is 73.1 Å². The molecule has 0 radical (unpaired) electrons. The molecule has 4 saturated heterocycles. The predicted octanol–water partition coefficient (Wildman–Crippen LogP) is 4.34. The van der Waals surface area contributed by atoms with Gasteiger partial charge in [-0.05, 0) is 99.0 Å². The lowest BCUT2D eigenvalue weighted by Gasteiger charge is -2.50. The Kier molecular flexibility index (Phi) is 19.7. The van der Waals surface area contributed by atoms with Crippen LogP contribution in [0.1, 0.15) is 107 Å². The predicted molar refractivity (Wildman–Crippen MR) is 261 cm³/mol. The number of ether oxygens (including phenoxy) is 10. The molecule has 4 aliphatic rings. The van der Waals surface area contributed by atoms with E-state index in [1.165, 1.54) is 28.4 Å². The smallest absolute Gasteiger partial charge is 0.335 e. The number of cyclic esters (lactones) is 1. The number of ketones is 1. The van der Waals surface area contributed by atoms with Crippen LogP contribution in [-0.4, -0.2) is 165 Å². The number of carbonyl (C=O) groups excluding carboxylic acids is 4. The SMILES string of the molecule is CC[C@H]1OC(=O)[C@H](C)[C@@H](OC2CC(C)(OC)C(O)C(C)O2)[C@H](C)[C@@H](OC2OC(C)CC(N(C)C)C2O)[C@@](C)(OC)C[C@@H](C)C(=O)[C@H](C)C2C(/C(N)=N\OC(=O)CCc3cc(OC)cc(OC)c3)C(=O)O[C@@]21C. The minimum absolute atomic E-state index is 0.0358. The molecule has 1 aromatic carbocycles. The molecule has 4 heterocycles. The first-order chi connectivity index (χ1) is 33.7. The number of aryl methyl sites for hydroxylation is 1. The van der Waals surface area contributed by atoms with Crippen LogP contribution in [-0.2, 0) is 68.3 Å². The third-order valence-electron chi connectivity index (χ3n) is 15.9. The molecule has 4 aliphatic heterocycles. The Bertz CT molecular complexity index is 2050. The fourth-order valence-corrected chi connectivity index (χ4v) is 11.6. The van der Waals surface area contributed by atoms with Gasteiger partial charge in [-0.15, -0.1) is 0 Å². The van der Waals surface area contributed by atoms with Crippen LogP contribution in [0.4, 0.5) is 0 Å². The molecule has 4 N–H and O–H groups in total. The number of oxime groups is 1. The lowest BCUT2D eigenvalue weighted by atomic mass is 9.67. The number of hydrogen-bond acceptors (Lipinski definition) is 19. The summed E-state index contributed by atoms with van der Waals surface area (Å²) in [5, 5.41) is 26.9. The van der Waals surface area contributed by atoms with Crippen LogP contribution in [0.5, 0.6) is 11.5 Å². The molecule has 10 unspecified atom stereocenters. The summed E-state index contributed by atoms with van der Waals surface area (Å²) < 4.78 is 62.0. The monoisotopic (exact) mass is 1020 g/mol. The molecule has 0 aromatic heterocycles. The number of aliphatic hydroxyl groups excluding tert-OH is 2. The van der Waals surface area contributed by atoms with Gasteiger partial charge in [-0.2, -0.15) is 0 Å². The molecular formula is C52H83N3O17. The van der Waals surface area contributed by atoms with Gasteiger partial charge in [0.25, 0.3) is 0 Å². The molecule has 0 aliphatic carbocycles. The van der Waals surface area contributed by atoms with Gasteiger partial charge in [0.15, 0.2) is 24.0 Å². The van der Waals surface area contributed by atoms with Gasteiger partial charge in [0.05, 0.1) is 62.2 Å². The van der Waals surface area contributed by atoms with Gasteiger partial charge in [0, 0.05) is 56.4 Å². The second-order valence-corrected chi connectivity index (χ2v) is 21.3. The number of hydrogen-bond donors (Lipinski definition) is 3. The number of carbonyl (C=O) groups is 4. The summed E-state index contributed by atoms with van der Waals surface area (Å²) in [4.78, 5) is 64.7. The Hall–Kier alpha value is -3.99. The van der Waals surface area contributed by atoms with Crippen LogP contribution >= 0.6 is 0 Å². The molecule has 0 bridgehead atoms. The fourth-order valence-electron chi connectivity index (χ4n) is 11.6. The zero-order valence-corrected chi connectivity index (χ0v) is 45.2. The number of rotatable bonds is 15. The van der Waals surface area contributed by atoms with E-state index in [9.17, 15) is 24.6 Å². The Morgan fingerprint density at radius 2 is 1.49 bits per heavy atom. The highest BCUT2D eigenvalue weighted by atomic mass is 16.7. The van der Waals surface area contributed by atoms with Gasteiger partial charge in [-0.3, -0.25) is 14.4 Å². The molecule has 0 saturated carbocycles. The van der Waals surface area contributed by atoms with E-state index in [-0.39, 0.29) is 50.0 Å². The number of fused-ring (bicyclic) bond motifs is 1. The standard InChI is InChI=1S/C52H83N3O17/c1-17-36-52(10)40(39(48(61)71-52)46(53)54-72-37(56)19-18-32-21-33(62-13)23-34(22-32)63-14)28(4)41(57)26(2)24-51(9,65-16)45(70-49-42(58)35(55(11)12)20-27(3)66-49)29(5)43(30(6)47(60)68-36)69-38-25-50(8,64-15)44(59)31(7)67-38/h21-23,26-31,35-36,38-40,42-45,49,58-59H,17-20,24-25H2,1-16H3,(H2,53,54)/t26-,27?,28-,29+,30-,31?,35?,36-,38?,39?,40?,42?,43+,44?,45-,49?,50?,51+,52-/m1/s1. The highest BCUT2D eigenvalue weighted by molar-refractivity contribution is 6.03. The van der Waals surface area contributed by atoms with Crippen molar-refractivity contribution in [3.8, 4) is 11.5 Å². The first kappa shape index (κ1) is 58.9. The van der Waals surface area contributed by atoms with E-state index >= 15 is 4.79 Å². The van der Waals surface area contributed by atoms with Crippen molar-refractivity contribution in [2.75, 3.05) is 42.5 Å². The van der Waals surface area contributed by atoms with Crippen LogP contribution in [0.25, 0.3) is 0 Å². The van der Waals surface area contributed by atoms with Crippen LogP contribution in [0, 0.1) is 35.5 Å². The van der Waals surface area contributed by atoms with Crippen LogP contribution < -0.4 is 15.2 Å². The summed E-state index contributed by atoms with van der Waals surface area (Å²) in [6.45, 7) is 17.4. The highest BCUT2D eigenvalue weighted by Crippen LogP contribution is 2.49. The topological polar surface area (TPSA) is 252 Å². The first-order valence-corrected chi connectivity index (χ1v) is 25.2. The van der Waals surface area contributed by atoms with Crippen LogP contribution in [0.3, 0.4) is 0 Å². The zero-order chi connectivity index (χ0) is 53.8. The fraction of sp³-hybridized carbons (Fsp3) is 0.788. The minimum atomic E-state index is -1.66. The molecule has 1 aromatic rings. The minimum Gasteiger partial charge on any atom is -0.497 e. The second-order valence-electron chi connectivity index (χ2n) is 21.3. The lowest BCUT2D eigenvalue weighted by molar-refractivity contribution is -0.319. The molecule has 19 atom stereocenters. The van der Waals surface area contributed by atoms with Crippen molar-refractivity contribution >= 4 is 29.5 Å². The average Bonchev–Trinajstić information content (AvgIpc) is 3.63. The number of likely N-dealkylation sites (N-methyl/N-ethyl adjacent to an activating group) is 1. The van der Waals surface area contributed by atoms with Crippen molar-refractivity contribution in [3.05, 3.63) is 23.8 Å². The molecule has 4 fully saturated rings. The summed E-state index contributed by atoms with van der Waals surface area (Å²) in [7, 11) is 9.76. The van der Waals surface area contributed by atoms with E-state index in [2.05, 4.69) is 5.16 Å². The van der Waals surface area contributed by atoms with Gasteiger partial charge >= 0.3 is 17.9 Å². The Morgan fingerprint density at radius 3 is 2.06 bits per heavy atom. The normalized spacial score (nSPS) is 40.4. The van der Waals surface area contributed by atoms with E-state index in [0.29, 0.717) is 17.9 Å². The number of esters is 2. The maximum absolute atomic E-state index is 15.1. The number of nitrogens with two attached hydrogens (primary N) is 1. The Labute approximate surface area is 425 Å². The Balaban J connectivity index is 1.58. The molecule has 72 heavy (non-hydrogen) atoms. The second kappa shape index (κ2) is 24.1. The third-order valence-corrected chi connectivity index (χ3v) is 15.9. The molecule has 408 valence electrons. The van der Waals surface area contributed by atoms with Crippen LogP contribution in [0.2, 0.25) is 0 Å². The number of amidine groups is 1. The van der Waals surface area contributed by atoms with Crippen molar-refractivity contribution < 1.29 is 81.6 Å². The van der Waals surface area contributed by atoms with Crippen molar-refractivity contribution in [1.29, 1.82) is 0 Å². The van der Waals surface area contributed by atoms with Crippen molar-refractivity contribution in [2.24, 2.45) is 46.4 Å². The maximum Gasteiger partial charge on any atom is 0.335 e. The third kappa shape index (κ3) is 12.6. The van der Waals surface area contributed by atoms with E-state index < -0.39 is 125 Å². The summed E-state index contributed by atoms with van der Waals surface area (Å²) in [6, 6.07) is 4.88. The number of Topliss-reactive ketones (excluding diaryl/α,β-unsaturated/α-hetero) is 1. The number of aliphatic hydroxyl groups is 2. The number of methoxy groups -OCH3 is 4. The van der Waals surface area contributed by atoms with E-state index in [0.717, 1.165) is 5.56 Å². The van der Waals surface area contributed by atoms with Crippen molar-refractivity contribution in [2.45, 2.75) is 186 Å². The largest absolute Gasteiger partial charge is 0.497 e. The summed E-state index contributed by atoms with van der Waals surface area (Å²) in [5.74, 6) is -8.16. The quantitative estimate of drug-likeness (QED) is 0.0726. The van der Waals surface area contributed by atoms with Gasteiger partial charge in [0.2, 0.25) is 0 Å². The van der Waals surface area contributed by atoms with Gasteiger partial charge in [-0.25, -0.2) is 4.79 Å². The molecular weight excluding hydrogens is 939 g/mol. The molecule has 20 heteroatoms. The maximum atomic E-state index is 15.1. The zero-order valence-electron chi connectivity index (χ0n) is 45.2. The van der Waals surface area contributed by atoms with E-state index in [4.69, 9.17) is 57.9 Å². The lowest BCUT2D eigenvalue weighted by Crippen LogP contribution is -2.61. The number of benzene rings is 1. The van der Waals surface area contributed by atoms with Crippen LogP contribution in [0.15, 0.2) is 23.4 Å². The van der Waals surface area contributed by atoms with Crippen molar-refractivity contribution in [1.82, 2.24) is 4.90 Å². The molecule has 0 spiro atoms. The summed E-state index contributed by atoms with van der Waals surface area (Å²) in [6.07, 6.45) is -7.76.